The Morgan fingerprint density at radius 2 is 2.35 bits per heavy atom. The first kappa shape index (κ1) is 13.6. The van der Waals surface area contributed by atoms with Crippen LogP contribution in [-0.4, -0.2) is 25.7 Å². The highest BCUT2D eigenvalue weighted by atomic mass is 16.5. The average Bonchev–Trinajstić information content (AvgIpc) is 2.98. The third-order valence-electron chi connectivity index (χ3n) is 4.24. The molecule has 1 saturated heterocycles. The quantitative estimate of drug-likeness (QED) is 0.885. The Morgan fingerprint density at radius 3 is 3.10 bits per heavy atom. The van der Waals surface area contributed by atoms with Crippen molar-refractivity contribution in [3.8, 4) is 0 Å². The molecule has 0 spiro atoms. The Labute approximate surface area is 119 Å². The van der Waals surface area contributed by atoms with Gasteiger partial charge >= 0.3 is 0 Å². The first-order valence-corrected chi connectivity index (χ1v) is 7.51. The second-order valence-corrected chi connectivity index (χ2v) is 5.62. The molecule has 3 rings (SSSR count). The Bertz CT molecular complexity index is 495. The summed E-state index contributed by atoms with van der Waals surface area (Å²) in [6, 6.07) is 6.78. The van der Waals surface area contributed by atoms with Gasteiger partial charge < -0.3 is 15.4 Å². The molecule has 2 aliphatic heterocycles. The van der Waals surface area contributed by atoms with Crippen LogP contribution in [-0.2, 0) is 16.0 Å². The van der Waals surface area contributed by atoms with E-state index in [9.17, 15) is 4.79 Å². The molecule has 4 nitrogen and oxygen atoms in total. The molecule has 1 amide bonds. The molecule has 4 heteroatoms. The van der Waals surface area contributed by atoms with Gasteiger partial charge in [-0.05, 0) is 36.6 Å². The maximum atomic E-state index is 11.4. The average molecular weight is 274 g/mol. The zero-order valence-corrected chi connectivity index (χ0v) is 11.9. The van der Waals surface area contributed by atoms with Gasteiger partial charge in [0.1, 0.15) is 0 Å². The number of fused-ring (bicyclic) bond motifs is 1. The van der Waals surface area contributed by atoms with Crippen LogP contribution in [0.15, 0.2) is 18.2 Å². The predicted octanol–water partition coefficient (Wildman–Crippen LogP) is 2.26. The fraction of sp³-hybridized carbons (Fsp3) is 0.562. The van der Waals surface area contributed by atoms with Crippen molar-refractivity contribution in [2.75, 3.05) is 25.1 Å². The molecule has 2 heterocycles. The molecule has 1 aromatic carbocycles. The molecule has 108 valence electrons. The fourth-order valence-electron chi connectivity index (χ4n) is 3.19. The number of hydrogen-bond acceptors (Lipinski definition) is 3. The summed E-state index contributed by atoms with van der Waals surface area (Å²) in [5.41, 5.74) is 3.55. The second kappa shape index (κ2) is 5.94. The van der Waals surface area contributed by atoms with Crippen LogP contribution in [0.4, 0.5) is 5.69 Å². The Morgan fingerprint density at radius 1 is 1.45 bits per heavy atom. The van der Waals surface area contributed by atoms with Crippen molar-refractivity contribution in [2.24, 2.45) is 5.92 Å². The molecule has 0 saturated carbocycles. The van der Waals surface area contributed by atoms with E-state index in [1.807, 2.05) is 6.07 Å². The van der Waals surface area contributed by atoms with Gasteiger partial charge in [-0.25, -0.2) is 0 Å². The maximum absolute atomic E-state index is 11.4. The number of carbonyl (C=O) groups is 1. The molecule has 0 aromatic heterocycles. The van der Waals surface area contributed by atoms with Crippen LogP contribution in [0.1, 0.15) is 36.9 Å². The maximum Gasteiger partial charge on any atom is 0.224 e. The van der Waals surface area contributed by atoms with Gasteiger partial charge in [-0.1, -0.05) is 19.1 Å². The number of amides is 1. The summed E-state index contributed by atoms with van der Waals surface area (Å²) in [4.78, 5) is 11.4. The van der Waals surface area contributed by atoms with E-state index in [0.717, 1.165) is 38.3 Å². The molecule has 1 fully saturated rings. The first-order chi connectivity index (χ1) is 9.78. The molecule has 20 heavy (non-hydrogen) atoms. The van der Waals surface area contributed by atoms with Crippen LogP contribution in [0.3, 0.4) is 0 Å². The molecule has 0 radical (unpaired) electrons. The van der Waals surface area contributed by atoms with Gasteiger partial charge in [-0.3, -0.25) is 4.79 Å². The Kier molecular flexibility index (Phi) is 4.03. The van der Waals surface area contributed by atoms with E-state index in [-0.39, 0.29) is 5.91 Å². The molecule has 2 unspecified atom stereocenters. The third-order valence-corrected chi connectivity index (χ3v) is 4.24. The monoisotopic (exact) mass is 274 g/mol. The van der Waals surface area contributed by atoms with E-state index in [2.05, 4.69) is 29.7 Å². The minimum atomic E-state index is 0.123. The van der Waals surface area contributed by atoms with Crippen molar-refractivity contribution in [1.29, 1.82) is 0 Å². The molecule has 0 bridgehead atoms. The van der Waals surface area contributed by atoms with E-state index in [1.165, 1.54) is 11.1 Å². The highest BCUT2D eigenvalue weighted by molar-refractivity contribution is 5.93. The zero-order chi connectivity index (χ0) is 13.9. The van der Waals surface area contributed by atoms with Gasteiger partial charge in [0, 0.05) is 30.7 Å². The van der Waals surface area contributed by atoms with Crippen LogP contribution in [0.5, 0.6) is 0 Å². The van der Waals surface area contributed by atoms with Crippen molar-refractivity contribution in [2.45, 2.75) is 32.2 Å². The normalized spacial score (nSPS) is 23.2. The topological polar surface area (TPSA) is 50.4 Å². The summed E-state index contributed by atoms with van der Waals surface area (Å²) in [5.74, 6) is 0.670. The van der Waals surface area contributed by atoms with E-state index in [1.54, 1.807) is 0 Å². The number of benzene rings is 1. The van der Waals surface area contributed by atoms with Crippen LogP contribution < -0.4 is 10.6 Å². The minimum Gasteiger partial charge on any atom is -0.381 e. The van der Waals surface area contributed by atoms with Crippen molar-refractivity contribution in [1.82, 2.24) is 5.32 Å². The molecular formula is C16H22N2O2. The lowest BCUT2D eigenvalue weighted by atomic mass is 9.89. The Balaban J connectivity index is 1.85. The highest BCUT2D eigenvalue weighted by Gasteiger charge is 2.27. The number of ether oxygens (including phenoxy) is 1. The molecule has 1 aromatic rings. The van der Waals surface area contributed by atoms with Gasteiger partial charge in [0.05, 0.1) is 6.61 Å². The lowest BCUT2D eigenvalue weighted by Gasteiger charge is -2.26. The molecular weight excluding hydrogens is 252 g/mol. The fourth-order valence-corrected chi connectivity index (χ4v) is 3.19. The van der Waals surface area contributed by atoms with Gasteiger partial charge in [0.25, 0.3) is 0 Å². The number of anilines is 1. The number of aryl methyl sites for hydroxylation is 1. The summed E-state index contributed by atoms with van der Waals surface area (Å²) in [6.45, 7) is 4.80. The van der Waals surface area contributed by atoms with E-state index in [4.69, 9.17) is 4.74 Å². The summed E-state index contributed by atoms with van der Waals surface area (Å²) < 4.78 is 5.54. The molecule has 2 aliphatic rings. The second-order valence-electron chi connectivity index (χ2n) is 5.62. The lowest BCUT2D eigenvalue weighted by molar-refractivity contribution is -0.116. The van der Waals surface area contributed by atoms with Crippen molar-refractivity contribution >= 4 is 11.6 Å². The van der Waals surface area contributed by atoms with Crippen molar-refractivity contribution in [3.05, 3.63) is 29.3 Å². The van der Waals surface area contributed by atoms with Gasteiger partial charge in [0.15, 0.2) is 0 Å². The van der Waals surface area contributed by atoms with Crippen LogP contribution in [0.25, 0.3) is 0 Å². The van der Waals surface area contributed by atoms with E-state index < -0.39 is 0 Å². The standard InChI is InChI=1S/C16H22N2O2/c1-2-17-16(13-7-8-20-10-13)12-3-5-14-11(9-12)4-6-15(19)18-14/h3,5,9,13,16-17H,2,4,6-8,10H2,1H3,(H,18,19). The summed E-state index contributed by atoms with van der Waals surface area (Å²) in [5, 5.41) is 6.53. The zero-order valence-electron chi connectivity index (χ0n) is 11.9. The first-order valence-electron chi connectivity index (χ1n) is 7.51. The summed E-state index contributed by atoms with van der Waals surface area (Å²) in [7, 11) is 0. The molecule has 0 aliphatic carbocycles. The SMILES string of the molecule is CCNC(c1ccc2c(c1)CCC(=O)N2)C1CCOC1. The number of nitrogens with one attached hydrogen (secondary N) is 2. The Hall–Kier alpha value is -1.39. The van der Waals surface area contributed by atoms with Crippen LogP contribution >= 0.6 is 0 Å². The largest absolute Gasteiger partial charge is 0.381 e. The summed E-state index contributed by atoms with van der Waals surface area (Å²) in [6.07, 6.45) is 2.55. The van der Waals surface area contributed by atoms with Crippen molar-refractivity contribution < 1.29 is 9.53 Å². The van der Waals surface area contributed by atoms with E-state index in [0.29, 0.717) is 18.4 Å². The van der Waals surface area contributed by atoms with Gasteiger partial charge in [-0.2, -0.15) is 0 Å². The highest BCUT2D eigenvalue weighted by Crippen LogP contribution is 2.32. The molecule has 2 atom stereocenters. The van der Waals surface area contributed by atoms with Gasteiger partial charge in [-0.15, -0.1) is 0 Å². The predicted molar refractivity (Wildman–Crippen MR) is 78.7 cm³/mol. The van der Waals surface area contributed by atoms with E-state index >= 15 is 0 Å². The number of hydrogen-bond donors (Lipinski definition) is 2. The number of rotatable bonds is 4. The van der Waals surface area contributed by atoms with Gasteiger partial charge in [0.2, 0.25) is 5.91 Å². The lowest BCUT2D eigenvalue weighted by Crippen LogP contribution is -2.29. The number of carbonyl (C=O) groups excluding carboxylic acids is 1. The van der Waals surface area contributed by atoms with Crippen molar-refractivity contribution in [3.63, 3.8) is 0 Å². The van der Waals surface area contributed by atoms with Crippen LogP contribution in [0, 0.1) is 5.92 Å². The summed E-state index contributed by atoms with van der Waals surface area (Å²) >= 11 is 0. The minimum absolute atomic E-state index is 0.123. The smallest absolute Gasteiger partial charge is 0.224 e. The van der Waals surface area contributed by atoms with Crippen LogP contribution in [0.2, 0.25) is 0 Å². The molecule has 2 N–H and O–H groups in total. The third kappa shape index (κ3) is 2.72.